The van der Waals surface area contributed by atoms with Gasteiger partial charge in [-0.3, -0.25) is 4.79 Å². The van der Waals surface area contributed by atoms with E-state index in [4.69, 9.17) is 5.26 Å². The molecule has 4 rings (SSSR count). The number of nitrogens with zero attached hydrogens (tertiary/aromatic N) is 2. The number of fused-ring (bicyclic) bond motifs is 3. The highest BCUT2D eigenvalue weighted by Crippen LogP contribution is 2.28. The lowest BCUT2D eigenvalue weighted by molar-refractivity contribution is 0.0930. The van der Waals surface area contributed by atoms with Crippen LogP contribution in [0.15, 0.2) is 30.5 Å². The zero-order valence-corrected chi connectivity index (χ0v) is 11.5. The van der Waals surface area contributed by atoms with E-state index in [1.807, 2.05) is 18.2 Å². The Morgan fingerprint density at radius 3 is 2.90 bits per heavy atom. The summed E-state index contributed by atoms with van der Waals surface area (Å²) < 4.78 is 1.76. The molecule has 2 aliphatic rings. The molecule has 106 valence electrons. The summed E-state index contributed by atoms with van der Waals surface area (Å²) in [6.45, 7) is 0. The van der Waals surface area contributed by atoms with Crippen molar-refractivity contribution >= 4 is 11.4 Å². The van der Waals surface area contributed by atoms with Gasteiger partial charge in [0.25, 0.3) is 5.91 Å². The molecule has 5 heteroatoms. The molecule has 2 aromatic heterocycles. The number of carbonyl (C=O) groups excluding carboxylic acids is 1. The number of nitrogens with one attached hydrogen (secondary N) is 2. The molecule has 2 fully saturated rings. The summed E-state index contributed by atoms with van der Waals surface area (Å²) in [6, 6.07) is 10.7. The normalized spacial score (nSPS) is 26.9. The largest absolute Gasteiger partial charge is 0.348 e. The molecular formula is C16H16N4O. The predicted octanol–water partition coefficient (Wildman–Crippen LogP) is 1.43. The quantitative estimate of drug-likeness (QED) is 0.874. The van der Waals surface area contributed by atoms with Crippen molar-refractivity contribution in [1.29, 1.82) is 5.26 Å². The topological polar surface area (TPSA) is 69.3 Å². The van der Waals surface area contributed by atoms with Gasteiger partial charge in [0.2, 0.25) is 0 Å². The summed E-state index contributed by atoms with van der Waals surface area (Å²) in [5.74, 6) is -0.0613. The summed E-state index contributed by atoms with van der Waals surface area (Å²) >= 11 is 0. The Kier molecular flexibility index (Phi) is 2.72. The SMILES string of the molecule is N#Cc1ccc2ccc(C(=O)N[C@@H]3C[C@H]4CC[C@@H]3N4)cn12. The Morgan fingerprint density at radius 2 is 2.19 bits per heavy atom. The first-order chi connectivity index (χ1) is 10.2. The van der Waals surface area contributed by atoms with Crippen molar-refractivity contribution in [3.63, 3.8) is 0 Å². The van der Waals surface area contributed by atoms with E-state index >= 15 is 0 Å². The summed E-state index contributed by atoms with van der Waals surface area (Å²) in [6.07, 6.45) is 5.12. The number of aromatic nitrogens is 1. The first-order valence-corrected chi connectivity index (χ1v) is 7.33. The molecule has 0 aliphatic carbocycles. The molecule has 0 saturated carbocycles. The number of hydrogen-bond donors (Lipinski definition) is 2. The van der Waals surface area contributed by atoms with Crippen molar-refractivity contribution in [1.82, 2.24) is 15.0 Å². The maximum atomic E-state index is 12.4. The van der Waals surface area contributed by atoms with Crippen LogP contribution in [0.25, 0.3) is 5.52 Å². The maximum absolute atomic E-state index is 12.4. The number of rotatable bonds is 2. The van der Waals surface area contributed by atoms with Crippen LogP contribution in [-0.4, -0.2) is 28.4 Å². The minimum absolute atomic E-state index is 0.0613. The molecule has 2 saturated heterocycles. The van der Waals surface area contributed by atoms with Gasteiger partial charge in [-0.1, -0.05) is 0 Å². The summed E-state index contributed by atoms with van der Waals surface area (Å²) in [5, 5.41) is 15.7. The van der Waals surface area contributed by atoms with Crippen molar-refractivity contribution < 1.29 is 4.79 Å². The fourth-order valence-corrected chi connectivity index (χ4v) is 3.56. The van der Waals surface area contributed by atoms with E-state index in [-0.39, 0.29) is 11.9 Å². The lowest BCUT2D eigenvalue weighted by atomic mass is 9.95. The van der Waals surface area contributed by atoms with Crippen molar-refractivity contribution in [3.8, 4) is 6.07 Å². The van der Waals surface area contributed by atoms with E-state index in [1.54, 1.807) is 16.7 Å². The standard InChI is InChI=1S/C16H16N4O/c17-8-13-5-4-12-3-1-10(9-20(12)13)16(21)19-15-7-11-2-6-14(15)18-11/h1,3-5,9,11,14-15,18H,2,6-7H2,(H,19,21)/t11-,14+,15-/m1/s1. The molecular weight excluding hydrogens is 264 g/mol. The minimum Gasteiger partial charge on any atom is -0.348 e. The highest BCUT2D eigenvalue weighted by molar-refractivity contribution is 5.94. The molecule has 3 atom stereocenters. The van der Waals surface area contributed by atoms with Crippen LogP contribution in [0.3, 0.4) is 0 Å². The Hall–Kier alpha value is -2.32. The molecule has 0 aromatic carbocycles. The molecule has 2 aromatic rings. The van der Waals surface area contributed by atoms with Crippen LogP contribution in [0, 0.1) is 11.3 Å². The smallest absolute Gasteiger partial charge is 0.253 e. The van der Waals surface area contributed by atoms with Crippen molar-refractivity contribution in [2.24, 2.45) is 0 Å². The highest BCUT2D eigenvalue weighted by Gasteiger charge is 2.39. The first-order valence-electron chi connectivity index (χ1n) is 7.33. The minimum atomic E-state index is -0.0613. The second-order valence-corrected chi connectivity index (χ2v) is 5.91. The zero-order valence-electron chi connectivity index (χ0n) is 11.5. The van der Waals surface area contributed by atoms with E-state index in [9.17, 15) is 4.79 Å². The van der Waals surface area contributed by atoms with Gasteiger partial charge in [0, 0.05) is 29.8 Å². The number of nitriles is 1. The third-order valence-electron chi connectivity index (χ3n) is 4.64. The Balaban J connectivity index is 1.58. The van der Waals surface area contributed by atoms with Crippen LogP contribution in [-0.2, 0) is 0 Å². The Bertz CT molecular complexity index is 757. The fourth-order valence-electron chi connectivity index (χ4n) is 3.56. The summed E-state index contributed by atoms with van der Waals surface area (Å²) in [4.78, 5) is 12.4. The van der Waals surface area contributed by atoms with Crippen LogP contribution in [0.1, 0.15) is 35.3 Å². The van der Waals surface area contributed by atoms with Gasteiger partial charge in [-0.2, -0.15) is 5.26 Å². The second kappa shape index (κ2) is 4.61. The Morgan fingerprint density at radius 1 is 1.33 bits per heavy atom. The van der Waals surface area contributed by atoms with Gasteiger partial charge in [-0.05, 0) is 43.5 Å². The number of hydrogen-bond acceptors (Lipinski definition) is 3. The third kappa shape index (κ3) is 1.99. The van der Waals surface area contributed by atoms with Gasteiger partial charge in [-0.25, -0.2) is 0 Å². The van der Waals surface area contributed by atoms with Crippen molar-refractivity contribution in [2.75, 3.05) is 0 Å². The van der Waals surface area contributed by atoms with E-state index in [1.165, 1.54) is 6.42 Å². The summed E-state index contributed by atoms with van der Waals surface area (Å²) in [5.41, 5.74) is 2.06. The monoisotopic (exact) mass is 280 g/mol. The van der Waals surface area contributed by atoms with E-state index < -0.39 is 0 Å². The molecule has 2 bridgehead atoms. The van der Waals surface area contributed by atoms with Crippen molar-refractivity contribution in [2.45, 2.75) is 37.4 Å². The van der Waals surface area contributed by atoms with Crippen LogP contribution < -0.4 is 10.6 Å². The third-order valence-corrected chi connectivity index (χ3v) is 4.64. The first kappa shape index (κ1) is 12.4. The Labute approximate surface area is 122 Å². The highest BCUT2D eigenvalue weighted by atomic mass is 16.1. The molecule has 2 aliphatic heterocycles. The number of amides is 1. The maximum Gasteiger partial charge on any atom is 0.253 e. The van der Waals surface area contributed by atoms with Gasteiger partial charge < -0.3 is 15.0 Å². The van der Waals surface area contributed by atoms with Crippen LogP contribution >= 0.6 is 0 Å². The zero-order chi connectivity index (χ0) is 14.4. The number of pyridine rings is 1. The van der Waals surface area contributed by atoms with Gasteiger partial charge in [0.1, 0.15) is 11.8 Å². The predicted molar refractivity (Wildman–Crippen MR) is 77.9 cm³/mol. The molecule has 0 spiro atoms. The molecule has 2 N–H and O–H groups in total. The summed E-state index contributed by atoms with van der Waals surface area (Å²) in [7, 11) is 0. The van der Waals surface area contributed by atoms with Gasteiger partial charge in [0.05, 0.1) is 5.56 Å². The molecule has 1 amide bonds. The lowest BCUT2D eigenvalue weighted by Crippen LogP contribution is -2.42. The molecule has 21 heavy (non-hydrogen) atoms. The van der Waals surface area contributed by atoms with Gasteiger partial charge in [0.15, 0.2) is 0 Å². The molecule has 5 nitrogen and oxygen atoms in total. The van der Waals surface area contributed by atoms with E-state index in [0.29, 0.717) is 23.3 Å². The molecule has 0 unspecified atom stereocenters. The van der Waals surface area contributed by atoms with Crippen LogP contribution in [0.4, 0.5) is 0 Å². The lowest BCUT2D eigenvalue weighted by Gasteiger charge is -2.21. The average Bonchev–Trinajstić information content (AvgIpc) is 3.21. The van der Waals surface area contributed by atoms with E-state index in [2.05, 4.69) is 16.7 Å². The molecule has 0 radical (unpaired) electrons. The fraction of sp³-hybridized carbons (Fsp3) is 0.375. The van der Waals surface area contributed by atoms with Crippen molar-refractivity contribution in [3.05, 3.63) is 41.7 Å². The second-order valence-electron chi connectivity index (χ2n) is 5.91. The van der Waals surface area contributed by atoms with Gasteiger partial charge in [-0.15, -0.1) is 0 Å². The average molecular weight is 280 g/mol. The van der Waals surface area contributed by atoms with Gasteiger partial charge >= 0.3 is 0 Å². The molecule has 4 heterocycles. The number of carbonyl (C=O) groups is 1. The van der Waals surface area contributed by atoms with Crippen LogP contribution in [0.5, 0.6) is 0 Å². The van der Waals surface area contributed by atoms with E-state index in [0.717, 1.165) is 18.4 Å². The van der Waals surface area contributed by atoms with Crippen LogP contribution in [0.2, 0.25) is 0 Å².